The zero-order chi connectivity index (χ0) is 16.7. The van der Waals surface area contributed by atoms with Crippen LogP contribution in [-0.2, 0) is 19.6 Å². The van der Waals surface area contributed by atoms with E-state index in [1.807, 2.05) is 13.8 Å². The van der Waals surface area contributed by atoms with Crippen LogP contribution in [0.4, 0.5) is 0 Å². The zero-order valence-corrected chi connectivity index (χ0v) is 14.1. The van der Waals surface area contributed by atoms with E-state index in [0.29, 0.717) is 25.9 Å². The predicted octanol–water partition coefficient (Wildman–Crippen LogP) is 0.370. The Bertz CT molecular complexity index is 574. The molecule has 0 bridgehead atoms. The summed E-state index contributed by atoms with van der Waals surface area (Å²) >= 11 is 0. The molecule has 2 heterocycles. The van der Waals surface area contributed by atoms with Gasteiger partial charge in [-0.3, -0.25) is 9.59 Å². The Morgan fingerprint density at radius 1 is 1.23 bits per heavy atom. The molecule has 22 heavy (non-hydrogen) atoms. The summed E-state index contributed by atoms with van der Waals surface area (Å²) in [4.78, 5) is 25.6. The van der Waals surface area contributed by atoms with Crippen molar-refractivity contribution in [3.8, 4) is 0 Å². The molecule has 0 aromatic carbocycles. The van der Waals surface area contributed by atoms with Crippen molar-refractivity contribution in [2.45, 2.75) is 39.7 Å². The molecule has 2 rings (SSSR count). The van der Waals surface area contributed by atoms with E-state index in [0.717, 1.165) is 0 Å². The van der Waals surface area contributed by atoms with Gasteiger partial charge in [-0.05, 0) is 25.7 Å². The first kappa shape index (κ1) is 17.2. The molecule has 126 valence electrons. The molecule has 2 saturated heterocycles. The Hall–Kier alpha value is -1.15. The maximum atomic E-state index is 12.8. The Kier molecular flexibility index (Phi) is 4.54. The summed E-state index contributed by atoms with van der Waals surface area (Å²) in [7, 11) is -3.38. The molecule has 0 radical (unpaired) electrons. The van der Waals surface area contributed by atoms with E-state index in [4.69, 9.17) is 0 Å². The van der Waals surface area contributed by atoms with Gasteiger partial charge < -0.3 is 10.0 Å². The summed E-state index contributed by atoms with van der Waals surface area (Å²) in [6, 6.07) is -0.733. The third-order valence-corrected chi connectivity index (χ3v) is 6.56. The fraction of sp³-hybridized carbons (Fsp3) is 0.857. The Labute approximate surface area is 131 Å². The number of hydrogen-bond donors (Lipinski definition) is 1. The minimum atomic E-state index is -3.38. The number of amides is 1. The Balaban J connectivity index is 2.20. The molecule has 2 fully saturated rings. The second-order valence-corrected chi connectivity index (χ2v) is 8.89. The van der Waals surface area contributed by atoms with Gasteiger partial charge in [0.25, 0.3) is 0 Å². The largest absolute Gasteiger partial charge is 0.481 e. The van der Waals surface area contributed by atoms with Gasteiger partial charge in [0.1, 0.15) is 6.04 Å². The number of likely N-dealkylation sites (tertiary alicyclic amines) is 1. The standard InChI is InChI=1S/C14H24N2O5S/c1-10(2)11(16-6-4-8-22(16,20)21)12(17)15-7-5-14(3,9-15)13(18)19/h10-11H,4-9H2,1-3H3,(H,18,19). The van der Waals surface area contributed by atoms with Crippen molar-refractivity contribution < 1.29 is 23.1 Å². The van der Waals surface area contributed by atoms with Crippen LogP contribution < -0.4 is 0 Å². The first-order valence-electron chi connectivity index (χ1n) is 7.60. The molecule has 8 heteroatoms. The van der Waals surface area contributed by atoms with E-state index < -0.39 is 27.4 Å². The van der Waals surface area contributed by atoms with Crippen LogP contribution in [0.3, 0.4) is 0 Å². The van der Waals surface area contributed by atoms with Crippen molar-refractivity contribution >= 4 is 21.9 Å². The van der Waals surface area contributed by atoms with Crippen molar-refractivity contribution in [2.75, 3.05) is 25.4 Å². The van der Waals surface area contributed by atoms with Gasteiger partial charge in [-0.25, -0.2) is 8.42 Å². The highest BCUT2D eigenvalue weighted by Gasteiger charge is 2.47. The summed E-state index contributed by atoms with van der Waals surface area (Å²) in [6.45, 7) is 6.13. The number of sulfonamides is 1. The van der Waals surface area contributed by atoms with Crippen molar-refractivity contribution in [3.05, 3.63) is 0 Å². The number of carboxylic acids is 1. The van der Waals surface area contributed by atoms with E-state index in [9.17, 15) is 23.1 Å². The second-order valence-electron chi connectivity index (χ2n) is 6.84. The third kappa shape index (κ3) is 2.99. The van der Waals surface area contributed by atoms with Crippen molar-refractivity contribution in [2.24, 2.45) is 11.3 Å². The van der Waals surface area contributed by atoms with Gasteiger partial charge in [-0.1, -0.05) is 13.8 Å². The zero-order valence-electron chi connectivity index (χ0n) is 13.3. The number of nitrogens with zero attached hydrogens (tertiary/aromatic N) is 2. The summed E-state index contributed by atoms with van der Waals surface area (Å²) < 4.78 is 25.5. The number of carbonyl (C=O) groups is 2. The highest BCUT2D eigenvalue weighted by molar-refractivity contribution is 7.89. The topological polar surface area (TPSA) is 95.0 Å². The van der Waals surface area contributed by atoms with Gasteiger partial charge in [0.2, 0.25) is 15.9 Å². The molecule has 7 nitrogen and oxygen atoms in total. The number of rotatable bonds is 4. The van der Waals surface area contributed by atoms with Crippen molar-refractivity contribution in [3.63, 3.8) is 0 Å². The molecular formula is C14H24N2O5S. The summed E-state index contributed by atoms with van der Waals surface area (Å²) in [5.41, 5.74) is -0.943. The molecule has 0 aliphatic carbocycles. The van der Waals surface area contributed by atoms with Crippen molar-refractivity contribution in [1.82, 2.24) is 9.21 Å². The fourth-order valence-corrected chi connectivity index (χ4v) is 5.04. The minimum Gasteiger partial charge on any atom is -0.481 e. The summed E-state index contributed by atoms with van der Waals surface area (Å²) in [5.74, 6) is -1.27. The van der Waals surface area contributed by atoms with Crippen LogP contribution >= 0.6 is 0 Å². The molecular weight excluding hydrogens is 308 g/mol. The number of carbonyl (C=O) groups excluding carboxylic acids is 1. The maximum Gasteiger partial charge on any atom is 0.311 e. The summed E-state index contributed by atoms with van der Waals surface area (Å²) in [5, 5.41) is 9.27. The van der Waals surface area contributed by atoms with Crippen LogP contribution in [0, 0.1) is 11.3 Å². The monoisotopic (exact) mass is 332 g/mol. The first-order valence-corrected chi connectivity index (χ1v) is 9.21. The highest BCUT2D eigenvalue weighted by Crippen LogP contribution is 2.32. The van der Waals surface area contributed by atoms with Gasteiger partial charge in [0, 0.05) is 19.6 Å². The van der Waals surface area contributed by atoms with Crippen LogP contribution in [0.5, 0.6) is 0 Å². The molecule has 0 aromatic heterocycles. The Morgan fingerprint density at radius 2 is 1.86 bits per heavy atom. The number of aliphatic carboxylic acids is 1. The predicted molar refractivity (Wildman–Crippen MR) is 80.7 cm³/mol. The van der Waals surface area contributed by atoms with Crippen molar-refractivity contribution in [1.29, 1.82) is 0 Å². The molecule has 2 aliphatic rings. The van der Waals surface area contributed by atoms with E-state index >= 15 is 0 Å². The molecule has 0 saturated carbocycles. The van der Waals surface area contributed by atoms with Crippen LogP contribution in [0.15, 0.2) is 0 Å². The number of hydrogen-bond acceptors (Lipinski definition) is 4. The third-order valence-electron chi connectivity index (χ3n) is 4.63. The van der Waals surface area contributed by atoms with E-state index in [1.165, 1.54) is 9.21 Å². The lowest BCUT2D eigenvalue weighted by molar-refractivity contribution is -0.147. The molecule has 2 atom stereocenters. The van der Waals surface area contributed by atoms with Crippen LogP contribution in [0.2, 0.25) is 0 Å². The van der Waals surface area contributed by atoms with E-state index in [1.54, 1.807) is 6.92 Å². The molecule has 1 N–H and O–H groups in total. The lowest BCUT2D eigenvalue weighted by Crippen LogP contribution is -2.51. The molecule has 0 aromatic rings. The van der Waals surface area contributed by atoms with Gasteiger partial charge in [0.05, 0.1) is 11.2 Å². The molecule has 2 unspecified atom stereocenters. The lowest BCUT2D eigenvalue weighted by Gasteiger charge is -2.32. The molecule has 0 spiro atoms. The second kappa shape index (κ2) is 5.81. The van der Waals surface area contributed by atoms with E-state index in [2.05, 4.69) is 0 Å². The van der Waals surface area contributed by atoms with Crippen LogP contribution in [0.25, 0.3) is 0 Å². The smallest absolute Gasteiger partial charge is 0.311 e. The normalized spacial score (nSPS) is 29.9. The van der Waals surface area contributed by atoms with Gasteiger partial charge in [-0.15, -0.1) is 0 Å². The van der Waals surface area contributed by atoms with Gasteiger partial charge >= 0.3 is 5.97 Å². The van der Waals surface area contributed by atoms with Crippen LogP contribution in [-0.4, -0.2) is 66.0 Å². The van der Waals surface area contributed by atoms with Gasteiger partial charge in [0.15, 0.2) is 0 Å². The Morgan fingerprint density at radius 3 is 2.27 bits per heavy atom. The first-order chi connectivity index (χ1) is 10.1. The molecule has 1 amide bonds. The average Bonchev–Trinajstić information content (AvgIpc) is 2.94. The van der Waals surface area contributed by atoms with E-state index in [-0.39, 0.29) is 24.1 Å². The maximum absolute atomic E-state index is 12.8. The lowest BCUT2D eigenvalue weighted by atomic mass is 9.90. The molecule has 2 aliphatic heterocycles. The average molecular weight is 332 g/mol. The fourth-order valence-electron chi connectivity index (χ4n) is 3.22. The minimum absolute atomic E-state index is 0.0797. The SMILES string of the molecule is CC(C)C(C(=O)N1CCC(C)(C(=O)O)C1)N1CCCS1(=O)=O. The number of carboxylic acid groups (broad SMARTS) is 1. The highest BCUT2D eigenvalue weighted by atomic mass is 32.2. The summed E-state index contributed by atoms with van der Waals surface area (Å²) in [6.07, 6.45) is 0.928. The quantitative estimate of drug-likeness (QED) is 0.802. The van der Waals surface area contributed by atoms with Crippen LogP contribution in [0.1, 0.15) is 33.6 Å². The van der Waals surface area contributed by atoms with Gasteiger partial charge in [-0.2, -0.15) is 4.31 Å².